The Hall–Kier alpha value is -0.730. The summed E-state index contributed by atoms with van der Waals surface area (Å²) >= 11 is 5.85. The van der Waals surface area contributed by atoms with Crippen LogP contribution in [0.5, 0.6) is 5.75 Å². The van der Waals surface area contributed by atoms with Gasteiger partial charge in [0.2, 0.25) is 0 Å². The third-order valence-corrected chi connectivity index (χ3v) is 3.93. The van der Waals surface area contributed by atoms with Gasteiger partial charge in [-0.05, 0) is 37.6 Å². The summed E-state index contributed by atoms with van der Waals surface area (Å²) in [4.78, 5) is 2.30. The van der Waals surface area contributed by atoms with E-state index in [-0.39, 0.29) is 0 Å². The zero-order valence-corrected chi connectivity index (χ0v) is 11.3. The number of fused-ring (bicyclic) bond motifs is 1. The van der Waals surface area contributed by atoms with Crippen LogP contribution in [0.15, 0.2) is 18.2 Å². The molecule has 0 N–H and O–H groups in total. The van der Waals surface area contributed by atoms with Crippen molar-refractivity contribution in [3.05, 3.63) is 29.3 Å². The number of rotatable bonds is 5. The van der Waals surface area contributed by atoms with Gasteiger partial charge >= 0.3 is 0 Å². The van der Waals surface area contributed by atoms with Crippen LogP contribution < -0.4 is 4.74 Å². The fraction of sp³-hybridized carbons (Fsp3) is 0.571. The molecular weight excluding hydrogens is 234 g/mol. The van der Waals surface area contributed by atoms with E-state index in [9.17, 15) is 0 Å². The van der Waals surface area contributed by atoms with E-state index in [0.717, 1.165) is 31.7 Å². The first-order chi connectivity index (χ1) is 8.20. The van der Waals surface area contributed by atoms with E-state index in [1.54, 1.807) is 0 Å². The van der Waals surface area contributed by atoms with Gasteiger partial charge in [0, 0.05) is 24.9 Å². The van der Waals surface area contributed by atoms with Gasteiger partial charge < -0.3 is 9.64 Å². The molecule has 17 heavy (non-hydrogen) atoms. The van der Waals surface area contributed by atoms with Gasteiger partial charge in [-0.3, -0.25) is 0 Å². The predicted octanol–water partition coefficient (Wildman–Crippen LogP) is 2.72. The molecule has 0 radical (unpaired) electrons. The predicted molar refractivity (Wildman–Crippen MR) is 72.2 cm³/mol. The lowest BCUT2D eigenvalue weighted by Crippen LogP contribution is -2.32. The maximum absolute atomic E-state index is 5.85. The van der Waals surface area contributed by atoms with Crippen LogP contribution >= 0.6 is 11.6 Å². The second-order valence-corrected chi connectivity index (χ2v) is 5.08. The molecule has 0 fully saturated rings. The van der Waals surface area contributed by atoms with Crippen LogP contribution in [0.25, 0.3) is 0 Å². The van der Waals surface area contributed by atoms with Crippen molar-refractivity contribution in [1.29, 1.82) is 0 Å². The van der Waals surface area contributed by atoms with Gasteiger partial charge in [-0.2, -0.15) is 0 Å². The summed E-state index contributed by atoms with van der Waals surface area (Å²) in [5, 5.41) is 0. The quantitative estimate of drug-likeness (QED) is 0.749. The monoisotopic (exact) mass is 253 g/mol. The number of hydrogen-bond donors (Lipinski definition) is 0. The summed E-state index contributed by atoms with van der Waals surface area (Å²) < 4.78 is 5.51. The molecule has 1 aliphatic rings. The molecule has 0 aliphatic carbocycles. The average molecular weight is 254 g/mol. The second kappa shape index (κ2) is 5.74. The molecule has 94 valence electrons. The Kier molecular flexibility index (Phi) is 4.30. The highest BCUT2D eigenvalue weighted by molar-refractivity contribution is 6.18. The van der Waals surface area contributed by atoms with Gasteiger partial charge in [0.05, 0.1) is 6.61 Å². The molecule has 0 amide bonds. The van der Waals surface area contributed by atoms with Gasteiger partial charge in [-0.15, -0.1) is 11.6 Å². The van der Waals surface area contributed by atoms with E-state index >= 15 is 0 Å². The minimum atomic E-state index is 0.439. The van der Waals surface area contributed by atoms with Gasteiger partial charge in [0.25, 0.3) is 0 Å². The van der Waals surface area contributed by atoms with Crippen LogP contribution in [0, 0.1) is 0 Å². The fourth-order valence-electron chi connectivity index (χ4n) is 2.04. The summed E-state index contributed by atoms with van der Waals surface area (Å²) in [6.45, 7) is 4.04. The van der Waals surface area contributed by atoms with E-state index in [1.165, 1.54) is 11.1 Å². The first-order valence-corrected chi connectivity index (χ1v) is 6.75. The molecule has 0 aromatic heterocycles. The van der Waals surface area contributed by atoms with Gasteiger partial charge in [0.1, 0.15) is 5.75 Å². The highest BCUT2D eigenvalue weighted by Gasteiger charge is 2.12. The molecule has 1 unspecified atom stereocenters. The largest absolute Gasteiger partial charge is 0.493 e. The molecule has 1 aliphatic heterocycles. The van der Waals surface area contributed by atoms with Gasteiger partial charge in [0.15, 0.2) is 0 Å². The Morgan fingerprint density at radius 1 is 1.47 bits per heavy atom. The highest BCUT2D eigenvalue weighted by Crippen LogP contribution is 2.26. The van der Waals surface area contributed by atoms with Crippen molar-refractivity contribution in [2.75, 3.05) is 26.1 Å². The third kappa shape index (κ3) is 3.14. The fourth-order valence-corrected chi connectivity index (χ4v) is 2.27. The highest BCUT2D eigenvalue weighted by atomic mass is 35.5. The molecule has 0 bridgehead atoms. The van der Waals surface area contributed by atoms with Crippen molar-refractivity contribution in [3.8, 4) is 5.75 Å². The standard InChI is InChI=1S/C14H20ClNO/c1-11(10-15)16(2)7-5-12-3-4-14-13(9-12)6-8-17-14/h3-4,9,11H,5-8,10H2,1-2H3. The summed E-state index contributed by atoms with van der Waals surface area (Å²) in [5.41, 5.74) is 2.75. The summed E-state index contributed by atoms with van der Waals surface area (Å²) in [5.74, 6) is 1.75. The topological polar surface area (TPSA) is 12.5 Å². The maximum Gasteiger partial charge on any atom is 0.122 e. The van der Waals surface area contributed by atoms with Crippen LogP contribution in [-0.2, 0) is 12.8 Å². The smallest absolute Gasteiger partial charge is 0.122 e. The van der Waals surface area contributed by atoms with Crippen molar-refractivity contribution in [2.45, 2.75) is 25.8 Å². The zero-order valence-electron chi connectivity index (χ0n) is 10.6. The lowest BCUT2D eigenvalue weighted by molar-refractivity contribution is 0.280. The third-order valence-electron chi connectivity index (χ3n) is 3.48. The van der Waals surface area contributed by atoms with Crippen molar-refractivity contribution >= 4 is 11.6 Å². The lowest BCUT2D eigenvalue weighted by Gasteiger charge is -2.22. The first kappa shape index (κ1) is 12.7. The molecule has 3 heteroatoms. The second-order valence-electron chi connectivity index (χ2n) is 4.77. The van der Waals surface area contributed by atoms with E-state index in [4.69, 9.17) is 16.3 Å². The number of alkyl halides is 1. The van der Waals surface area contributed by atoms with Crippen LogP contribution in [0.4, 0.5) is 0 Å². The minimum absolute atomic E-state index is 0.439. The Balaban J connectivity index is 1.91. The SMILES string of the molecule is CC(CCl)N(C)CCc1ccc2c(c1)CCO2. The molecule has 0 saturated carbocycles. The summed E-state index contributed by atoms with van der Waals surface area (Å²) in [6.07, 6.45) is 2.13. The molecular formula is C14H20ClNO. The normalized spacial score (nSPS) is 15.8. The van der Waals surface area contributed by atoms with Crippen LogP contribution in [-0.4, -0.2) is 37.0 Å². The lowest BCUT2D eigenvalue weighted by atomic mass is 10.1. The zero-order chi connectivity index (χ0) is 12.3. The Labute approximate surface area is 109 Å². The van der Waals surface area contributed by atoms with Crippen molar-refractivity contribution in [2.24, 2.45) is 0 Å². The molecule has 1 atom stereocenters. The average Bonchev–Trinajstić information content (AvgIpc) is 2.82. The Morgan fingerprint density at radius 2 is 2.29 bits per heavy atom. The minimum Gasteiger partial charge on any atom is -0.493 e. The van der Waals surface area contributed by atoms with Crippen molar-refractivity contribution < 1.29 is 4.74 Å². The first-order valence-electron chi connectivity index (χ1n) is 6.21. The van der Waals surface area contributed by atoms with Gasteiger partial charge in [-0.25, -0.2) is 0 Å². The van der Waals surface area contributed by atoms with Crippen LogP contribution in [0.1, 0.15) is 18.1 Å². The molecule has 0 saturated heterocycles. The van der Waals surface area contributed by atoms with E-state index in [2.05, 4.69) is 37.1 Å². The number of likely N-dealkylation sites (N-methyl/N-ethyl adjacent to an activating group) is 1. The number of halogens is 1. The number of benzene rings is 1. The Morgan fingerprint density at radius 3 is 3.06 bits per heavy atom. The van der Waals surface area contributed by atoms with Crippen molar-refractivity contribution in [1.82, 2.24) is 4.90 Å². The molecule has 1 heterocycles. The molecule has 0 spiro atoms. The molecule has 1 aromatic rings. The van der Waals surface area contributed by atoms with E-state index < -0.39 is 0 Å². The molecule has 2 nitrogen and oxygen atoms in total. The summed E-state index contributed by atoms with van der Waals surface area (Å²) in [6, 6.07) is 6.99. The maximum atomic E-state index is 5.85. The van der Waals surface area contributed by atoms with Crippen LogP contribution in [0.3, 0.4) is 0 Å². The number of ether oxygens (including phenoxy) is 1. The summed E-state index contributed by atoms with van der Waals surface area (Å²) in [7, 11) is 2.13. The molecule has 1 aromatic carbocycles. The van der Waals surface area contributed by atoms with E-state index in [0.29, 0.717) is 11.9 Å². The van der Waals surface area contributed by atoms with E-state index in [1.807, 2.05) is 0 Å². The van der Waals surface area contributed by atoms with Crippen LogP contribution in [0.2, 0.25) is 0 Å². The number of nitrogens with zero attached hydrogens (tertiary/aromatic N) is 1. The van der Waals surface area contributed by atoms with Gasteiger partial charge in [-0.1, -0.05) is 12.1 Å². The number of hydrogen-bond acceptors (Lipinski definition) is 2. The molecule has 2 rings (SSSR count). The van der Waals surface area contributed by atoms with Crippen molar-refractivity contribution in [3.63, 3.8) is 0 Å². The Bertz CT molecular complexity index is 380.